The second kappa shape index (κ2) is 9.69. The molecule has 2 unspecified atom stereocenters. The van der Waals surface area contributed by atoms with Gasteiger partial charge in [0.25, 0.3) is 0 Å². The third-order valence-electron chi connectivity index (χ3n) is 5.75. The number of rotatable bonds is 4. The van der Waals surface area contributed by atoms with Crippen molar-refractivity contribution in [2.45, 2.75) is 99.3 Å². The van der Waals surface area contributed by atoms with Crippen LogP contribution >= 0.6 is 0 Å². The molecule has 2 atom stereocenters. The van der Waals surface area contributed by atoms with Crippen molar-refractivity contribution in [3.8, 4) is 0 Å². The highest BCUT2D eigenvalue weighted by molar-refractivity contribution is 6.03. The first-order valence-electron chi connectivity index (χ1n) is 10.3. The molecule has 0 aromatic rings. The molecule has 2 heteroatoms. The molecule has 0 saturated carbocycles. The third-order valence-corrected chi connectivity index (χ3v) is 5.75. The molecule has 25 heavy (non-hydrogen) atoms. The van der Waals surface area contributed by atoms with Gasteiger partial charge in [-0.05, 0) is 63.2 Å². The van der Waals surface area contributed by atoms with Crippen molar-refractivity contribution >= 4 is 11.6 Å². The molecular weight excluding hydrogens is 308 g/mol. The Bertz CT molecular complexity index is 432. The van der Waals surface area contributed by atoms with Crippen molar-refractivity contribution < 1.29 is 9.59 Å². The maximum absolute atomic E-state index is 13.1. The van der Waals surface area contributed by atoms with Gasteiger partial charge in [0, 0.05) is 10.8 Å². The molecule has 1 aliphatic carbocycles. The van der Waals surface area contributed by atoms with Crippen LogP contribution in [0.2, 0.25) is 0 Å². The molecule has 0 N–H and O–H groups in total. The fourth-order valence-corrected chi connectivity index (χ4v) is 4.54. The molecule has 0 spiro atoms. The van der Waals surface area contributed by atoms with Gasteiger partial charge in [-0.3, -0.25) is 9.59 Å². The summed E-state index contributed by atoms with van der Waals surface area (Å²) >= 11 is 0. The third kappa shape index (κ3) is 7.07. The average Bonchev–Trinajstić information content (AvgIpc) is 2.48. The van der Waals surface area contributed by atoms with Gasteiger partial charge in [0.05, 0.1) is 6.42 Å². The number of Topliss-reactive ketones (excluding diaryl/α,β-unsaturated/α-hetero) is 2. The molecule has 0 saturated heterocycles. The van der Waals surface area contributed by atoms with E-state index in [0.29, 0.717) is 11.8 Å². The summed E-state index contributed by atoms with van der Waals surface area (Å²) in [5.74, 6) is 1.28. The molecule has 0 radical (unpaired) electrons. The Hall–Kier alpha value is -0.920. The quantitative estimate of drug-likeness (QED) is 0.427. The maximum Gasteiger partial charge on any atom is 0.146 e. The lowest BCUT2D eigenvalue weighted by Crippen LogP contribution is -2.36. The van der Waals surface area contributed by atoms with Crippen molar-refractivity contribution in [2.24, 2.45) is 22.7 Å². The summed E-state index contributed by atoms with van der Waals surface area (Å²) < 4.78 is 0. The maximum atomic E-state index is 13.1. The zero-order valence-electron chi connectivity index (χ0n) is 17.5. The summed E-state index contributed by atoms with van der Waals surface area (Å²) in [6.07, 6.45) is 12.3. The van der Waals surface area contributed by atoms with Gasteiger partial charge in [-0.25, -0.2) is 0 Å². The number of ketones is 2. The lowest BCUT2D eigenvalue weighted by Gasteiger charge is -2.33. The van der Waals surface area contributed by atoms with E-state index in [1.807, 2.05) is 0 Å². The van der Waals surface area contributed by atoms with E-state index in [1.165, 1.54) is 0 Å². The Balaban J connectivity index is 3.06. The van der Waals surface area contributed by atoms with Crippen LogP contribution in [-0.2, 0) is 9.59 Å². The minimum Gasteiger partial charge on any atom is -0.299 e. The van der Waals surface area contributed by atoms with Gasteiger partial charge in [-0.15, -0.1) is 0 Å². The van der Waals surface area contributed by atoms with E-state index in [1.54, 1.807) is 0 Å². The monoisotopic (exact) mass is 348 g/mol. The molecule has 0 aromatic heterocycles. The highest BCUT2D eigenvalue weighted by atomic mass is 16.2. The fraction of sp³-hybridized carbons (Fsp3) is 0.826. The Morgan fingerprint density at radius 3 is 1.48 bits per heavy atom. The summed E-state index contributed by atoms with van der Waals surface area (Å²) in [5.41, 5.74) is -0.713. The van der Waals surface area contributed by atoms with E-state index >= 15 is 0 Å². The number of hydrogen-bond acceptors (Lipinski definition) is 2. The van der Waals surface area contributed by atoms with Crippen molar-refractivity contribution in [1.82, 2.24) is 0 Å². The predicted molar refractivity (Wildman–Crippen MR) is 107 cm³/mol. The Morgan fingerprint density at radius 1 is 0.800 bits per heavy atom. The van der Waals surface area contributed by atoms with Crippen LogP contribution in [0.4, 0.5) is 0 Å². The van der Waals surface area contributed by atoms with E-state index in [9.17, 15) is 9.59 Å². The summed E-state index contributed by atoms with van der Waals surface area (Å²) in [6.45, 7) is 12.9. The predicted octanol–water partition coefficient (Wildman–Crippen LogP) is 6.53. The van der Waals surface area contributed by atoms with Gasteiger partial charge in [0.1, 0.15) is 11.6 Å². The number of carbonyl (C=O) groups excluding carboxylic acids is 2. The minimum atomic E-state index is -0.357. The van der Waals surface area contributed by atoms with Crippen LogP contribution in [0.15, 0.2) is 12.2 Å². The van der Waals surface area contributed by atoms with Crippen LogP contribution in [-0.4, -0.2) is 11.6 Å². The van der Waals surface area contributed by atoms with Gasteiger partial charge < -0.3 is 0 Å². The lowest BCUT2D eigenvalue weighted by atomic mass is 9.69. The van der Waals surface area contributed by atoms with Crippen molar-refractivity contribution in [3.05, 3.63) is 12.2 Å². The van der Waals surface area contributed by atoms with E-state index in [2.05, 4.69) is 53.7 Å². The normalized spacial score (nSPS) is 31.5. The summed E-state index contributed by atoms with van der Waals surface area (Å²) in [7, 11) is 0. The topological polar surface area (TPSA) is 34.1 Å². The highest BCUT2D eigenvalue weighted by Gasteiger charge is 2.39. The van der Waals surface area contributed by atoms with Gasteiger partial charge in [0.15, 0.2) is 0 Å². The van der Waals surface area contributed by atoms with E-state index in [4.69, 9.17) is 0 Å². The van der Waals surface area contributed by atoms with E-state index in [0.717, 1.165) is 51.4 Å². The van der Waals surface area contributed by atoms with Gasteiger partial charge in [-0.2, -0.15) is 0 Å². The van der Waals surface area contributed by atoms with Crippen LogP contribution in [0.1, 0.15) is 99.3 Å². The molecule has 0 aromatic carbocycles. The average molecular weight is 349 g/mol. The molecule has 0 heterocycles. The molecule has 144 valence electrons. The first kappa shape index (κ1) is 22.1. The molecule has 0 bridgehead atoms. The van der Waals surface area contributed by atoms with Crippen LogP contribution in [0, 0.1) is 22.7 Å². The highest BCUT2D eigenvalue weighted by Crippen LogP contribution is 2.39. The van der Waals surface area contributed by atoms with E-state index in [-0.39, 0.29) is 28.8 Å². The van der Waals surface area contributed by atoms with E-state index < -0.39 is 0 Å². The molecule has 0 fully saturated rings. The summed E-state index contributed by atoms with van der Waals surface area (Å²) in [5, 5.41) is 0. The minimum absolute atomic E-state index is 0.125. The van der Waals surface area contributed by atoms with Crippen LogP contribution in [0.5, 0.6) is 0 Å². The molecule has 0 aliphatic heterocycles. The molecule has 1 aliphatic rings. The Morgan fingerprint density at radius 2 is 1.16 bits per heavy atom. The van der Waals surface area contributed by atoms with Crippen LogP contribution in [0.25, 0.3) is 0 Å². The van der Waals surface area contributed by atoms with Gasteiger partial charge in [-0.1, -0.05) is 53.7 Å². The standard InChI is InChI=1S/C23H40O2/c1-18(2)16-22(5)13-11-9-7-8-10-12-14-23(6,17-19(3)4)21(25)15-20(22)24/h7-8,18-19H,9-17H2,1-6H3/b8-7-. The Labute approximate surface area is 155 Å². The van der Waals surface area contributed by atoms with Crippen LogP contribution < -0.4 is 0 Å². The van der Waals surface area contributed by atoms with Crippen molar-refractivity contribution in [3.63, 3.8) is 0 Å². The summed E-state index contributed by atoms with van der Waals surface area (Å²) in [4.78, 5) is 26.2. The van der Waals surface area contributed by atoms with Gasteiger partial charge in [0.2, 0.25) is 0 Å². The van der Waals surface area contributed by atoms with Crippen LogP contribution in [0.3, 0.4) is 0 Å². The second-order valence-electron chi connectivity index (χ2n) is 9.60. The molecule has 0 amide bonds. The zero-order valence-corrected chi connectivity index (χ0v) is 17.5. The molecule has 2 nitrogen and oxygen atoms in total. The number of hydrogen-bond donors (Lipinski definition) is 0. The lowest BCUT2D eigenvalue weighted by molar-refractivity contribution is -0.138. The smallest absolute Gasteiger partial charge is 0.146 e. The SMILES string of the molecule is CC(C)CC1(C)CCC/C=C\CCCC(C)(CC(C)C)C(=O)CC1=O. The number of allylic oxidation sites excluding steroid dienone is 2. The van der Waals surface area contributed by atoms with Crippen molar-refractivity contribution in [1.29, 1.82) is 0 Å². The van der Waals surface area contributed by atoms with Crippen molar-refractivity contribution in [2.75, 3.05) is 0 Å². The molecule has 1 rings (SSSR count). The van der Waals surface area contributed by atoms with Gasteiger partial charge >= 0.3 is 0 Å². The first-order valence-corrected chi connectivity index (χ1v) is 10.3. The fourth-order valence-electron chi connectivity index (χ4n) is 4.54. The second-order valence-corrected chi connectivity index (χ2v) is 9.60. The number of carbonyl (C=O) groups is 2. The first-order chi connectivity index (χ1) is 11.6. The largest absolute Gasteiger partial charge is 0.299 e. The Kier molecular flexibility index (Phi) is 8.57. The summed E-state index contributed by atoms with van der Waals surface area (Å²) in [6, 6.07) is 0. The molecular formula is C23H40O2. The zero-order chi connectivity index (χ0) is 19.1.